The first-order chi connectivity index (χ1) is 8.56. The van der Waals surface area contributed by atoms with E-state index in [0.717, 1.165) is 14.8 Å². The molecule has 0 saturated heterocycles. The maximum Gasteiger partial charge on any atom is 0.168 e. The highest BCUT2D eigenvalue weighted by atomic mass is 127. The Bertz CT molecular complexity index is 581. The van der Waals surface area contributed by atoms with Gasteiger partial charge in [-0.3, -0.25) is 9.78 Å². The second-order valence-electron chi connectivity index (χ2n) is 4.06. The monoisotopic (exact) mass is 371 g/mol. The van der Waals surface area contributed by atoms with Gasteiger partial charge in [0.05, 0.1) is 11.4 Å². The lowest BCUT2D eigenvalue weighted by Gasteiger charge is -2.03. The number of aryl methyl sites for hydroxylation is 1. The van der Waals surface area contributed by atoms with E-state index in [1.165, 1.54) is 0 Å². The Kier molecular flexibility index (Phi) is 4.35. The van der Waals surface area contributed by atoms with Crippen molar-refractivity contribution in [2.45, 2.75) is 13.3 Å². The number of rotatable bonds is 3. The minimum Gasteiger partial charge on any atom is -0.294 e. The van der Waals surface area contributed by atoms with E-state index in [2.05, 4.69) is 27.6 Å². The van der Waals surface area contributed by atoms with Crippen molar-refractivity contribution >= 4 is 40.0 Å². The van der Waals surface area contributed by atoms with Crippen LogP contribution >= 0.6 is 34.2 Å². The van der Waals surface area contributed by atoms with Crippen LogP contribution in [0.5, 0.6) is 0 Å². The zero-order valence-electron chi connectivity index (χ0n) is 9.78. The Balaban J connectivity index is 2.16. The van der Waals surface area contributed by atoms with E-state index in [0.29, 0.717) is 17.0 Å². The maximum atomic E-state index is 12.1. The average molecular weight is 372 g/mol. The van der Waals surface area contributed by atoms with Crippen LogP contribution in [0.1, 0.15) is 21.6 Å². The highest BCUT2D eigenvalue weighted by Gasteiger charge is 2.09. The van der Waals surface area contributed by atoms with Crippen LogP contribution in [0, 0.1) is 10.5 Å². The molecule has 0 aliphatic carbocycles. The molecule has 18 heavy (non-hydrogen) atoms. The Morgan fingerprint density at radius 3 is 2.72 bits per heavy atom. The molecule has 0 aliphatic rings. The first-order valence-corrected chi connectivity index (χ1v) is 6.92. The van der Waals surface area contributed by atoms with Crippen molar-refractivity contribution in [1.29, 1.82) is 0 Å². The Morgan fingerprint density at radius 2 is 2.11 bits per heavy atom. The fraction of sp³-hybridized carbons (Fsp3) is 0.143. The first kappa shape index (κ1) is 13.5. The molecule has 0 saturated carbocycles. The van der Waals surface area contributed by atoms with Gasteiger partial charge in [-0.2, -0.15) is 0 Å². The number of halogens is 2. The van der Waals surface area contributed by atoms with E-state index in [-0.39, 0.29) is 5.78 Å². The summed E-state index contributed by atoms with van der Waals surface area (Å²) >= 11 is 8.14. The Hall–Kier alpha value is -0.940. The first-order valence-electron chi connectivity index (χ1n) is 5.46. The van der Waals surface area contributed by atoms with Crippen molar-refractivity contribution in [2.24, 2.45) is 0 Å². The van der Waals surface area contributed by atoms with Gasteiger partial charge in [0.2, 0.25) is 0 Å². The summed E-state index contributed by atoms with van der Waals surface area (Å²) in [5, 5.41) is 0.610. The largest absolute Gasteiger partial charge is 0.294 e. The number of ketones is 1. The second kappa shape index (κ2) is 5.80. The molecular formula is C14H11ClINO. The number of benzene rings is 1. The van der Waals surface area contributed by atoms with E-state index < -0.39 is 0 Å². The number of carbonyl (C=O) groups excluding carboxylic acids is 1. The van der Waals surface area contributed by atoms with Crippen molar-refractivity contribution in [3.05, 3.63) is 61.9 Å². The summed E-state index contributed by atoms with van der Waals surface area (Å²) in [6, 6.07) is 9.18. The molecular weight excluding hydrogens is 361 g/mol. The number of Topliss-reactive ketones (excluding diaryl/α,β-unsaturated/α-hetero) is 1. The molecule has 0 aliphatic heterocycles. The molecule has 0 spiro atoms. The van der Waals surface area contributed by atoms with Crippen molar-refractivity contribution in [3.63, 3.8) is 0 Å². The van der Waals surface area contributed by atoms with Gasteiger partial charge in [0.1, 0.15) is 0 Å². The number of pyridine rings is 1. The molecule has 0 bridgehead atoms. The Labute approximate surface area is 125 Å². The van der Waals surface area contributed by atoms with Crippen LogP contribution in [0.4, 0.5) is 0 Å². The average Bonchev–Trinajstić information content (AvgIpc) is 2.35. The van der Waals surface area contributed by atoms with Crippen LogP contribution in [0.2, 0.25) is 5.02 Å². The normalized spacial score (nSPS) is 10.4. The van der Waals surface area contributed by atoms with Crippen molar-refractivity contribution in [1.82, 2.24) is 4.98 Å². The molecule has 0 radical (unpaired) electrons. The quantitative estimate of drug-likeness (QED) is 0.601. The van der Waals surface area contributed by atoms with Gasteiger partial charge < -0.3 is 0 Å². The Morgan fingerprint density at radius 1 is 1.33 bits per heavy atom. The van der Waals surface area contributed by atoms with E-state index in [9.17, 15) is 4.79 Å². The SMILES string of the molecule is Cc1ccc(CC(=O)c2ccc(I)c(Cl)c2)nc1. The van der Waals surface area contributed by atoms with Crippen LogP contribution in [-0.4, -0.2) is 10.8 Å². The maximum absolute atomic E-state index is 12.1. The molecule has 0 N–H and O–H groups in total. The molecule has 0 amide bonds. The van der Waals surface area contributed by atoms with Gasteiger partial charge in [-0.05, 0) is 53.3 Å². The van der Waals surface area contributed by atoms with E-state index in [1.807, 2.05) is 25.1 Å². The molecule has 1 aromatic heterocycles. The third-order valence-corrected chi connectivity index (χ3v) is 4.13. The summed E-state index contributed by atoms with van der Waals surface area (Å²) in [6.45, 7) is 1.97. The summed E-state index contributed by atoms with van der Waals surface area (Å²) in [5.41, 5.74) is 2.49. The van der Waals surface area contributed by atoms with Crippen LogP contribution < -0.4 is 0 Å². The van der Waals surface area contributed by atoms with Gasteiger partial charge in [-0.15, -0.1) is 0 Å². The second-order valence-corrected chi connectivity index (χ2v) is 5.63. The van der Waals surface area contributed by atoms with Gasteiger partial charge in [-0.25, -0.2) is 0 Å². The summed E-state index contributed by atoms with van der Waals surface area (Å²) < 4.78 is 0.944. The predicted octanol–water partition coefficient (Wildman–Crippen LogP) is 4.07. The summed E-state index contributed by atoms with van der Waals surface area (Å²) in [7, 11) is 0. The number of nitrogens with zero attached hydrogens (tertiary/aromatic N) is 1. The molecule has 4 heteroatoms. The fourth-order valence-electron chi connectivity index (χ4n) is 1.54. The van der Waals surface area contributed by atoms with Gasteiger partial charge in [0.25, 0.3) is 0 Å². The van der Waals surface area contributed by atoms with Gasteiger partial charge >= 0.3 is 0 Å². The summed E-state index contributed by atoms with van der Waals surface area (Å²) in [5.74, 6) is 0.0321. The topological polar surface area (TPSA) is 30.0 Å². The fourth-order valence-corrected chi connectivity index (χ4v) is 2.06. The lowest BCUT2D eigenvalue weighted by atomic mass is 10.1. The highest BCUT2D eigenvalue weighted by Crippen LogP contribution is 2.20. The molecule has 2 rings (SSSR count). The predicted molar refractivity (Wildman–Crippen MR) is 81.2 cm³/mol. The smallest absolute Gasteiger partial charge is 0.168 e. The molecule has 1 heterocycles. The van der Waals surface area contributed by atoms with Gasteiger partial charge in [-0.1, -0.05) is 23.7 Å². The number of carbonyl (C=O) groups is 1. The molecule has 0 unspecified atom stereocenters. The third-order valence-electron chi connectivity index (χ3n) is 2.56. The highest BCUT2D eigenvalue weighted by molar-refractivity contribution is 14.1. The van der Waals surface area contributed by atoms with Crippen LogP contribution in [-0.2, 0) is 6.42 Å². The van der Waals surface area contributed by atoms with Crippen molar-refractivity contribution < 1.29 is 4.79 Å². The minimum absolute atomic E-state index is 0.0321. The van der Waals surface area contributed by atoms with Gasteiger partial charge in [0.15, 0.2) is 5.78 Å². The molecule has 92 valence electrons. The standard InChI is InChI=1S/C14H11ClINO/c1-9-2-4-11(17-8-9)7-14(18)10-3-5-13(16)12(15)6-10/h2-6,8H,7H2,1H3. The molecule has 0 fully saturated rings. The van der Waals surface area contributed by atoms with E-state index >= 15 is 0 Å². The lowest BCUT2D eigenvalue weighted by Crippen LogP contribution is -2.05. The number of hydrogen-bond acceptors (Lipinski definition) is 2. The third kappa shape index (κ3) is 3.29. The molecule has 0 atom stereocenters. The minimum atomic E-state index is 0.0321. The summed E-state index contributed by atoms with van der Waals surface area (Å²) in [4.78, 5) is 16.3. The van der Waals surface area contributed by atoms with Crippen LogP contribution in [0.3, 0.4) is 0 Å². The molecule has 1 aromatic carbocycles. The van der Waals surface area contributed by atoms with Crippen LogP contribution in [0.25, 0.3) is 0 Å². The number of hydrogen-bond donors (Lipinski definition) is 0. The zero-order chi connectivity index (χ0) is 13.1. The van der Waals surface area contributed by atoms with E-state index in [4.69, 9.17) is 11.6 Å². The van der Waals surface area contributed by atoms with Crippen molar-refractivity contribution in [3.8, 4) is 0 Å². The molecule has 2 aromatic rings. The van der Waals surface area contributed by atoms with E-state index in [1.54, 1.807) is 18.3 Å². The number of aromatic nitrogens is 1. The van der Waals surface area contributed by atoms with Crippen LogP contribution in [0.15, 0.2) is 36.5 Å². The van der Waals surface area contributed by atoms with Gasteiger partial charge in [0, 0.05) is 21.0 Å². The zero-order valence-corrected chi connectivity index (χ0v) is 12.7. The lowest BCUT2D eigenvalue weighted by molar-refractivity contribution is 0.0992. The van der Waals surface area contributed by atoms with Crippen molar-refractivity contribution in [2.75, 3.05) is 0 Å². The molecule has 2 nitrogen and oxygen atoms in total. The summed E-state index contributed by atoms with van der Waals surface area (Å²) in [6.07, 6.45) is 2.07.